The van der Waals surface area contributed by atoms with Crippen LogP contribution in [0, 0.1) is 33.0 Å². The lowest BCUT2D eigenvalue weighted by molar-refractivity contribution is -0.174. The Morgan fingerprint density at radius 1 is 1.05 bits per heavy atom. The first-order chi connectivity index (χ1) is 18.3. The van der Waals surface area contributed by atoms with Crippen molar-refractivity contribution in [1.29, 1.82) is 0 Å². The molecule has 4 fully saturated rings. The summed E-state index contributed by atoms with van der Waals surface area (Å²) in [5.41, 5.74) is 4.49. The number of fused-ring (bicyclic) bond motifs is 7. The molecule has 7 atom stereocenters. The van der Waals surface area contributed by atoms with Crippen molar-refractivity contribution in [1.82, 2.24) is 5.32 Å². The zero-order chi connectivity index (χ0) is 28.0. The number of ketones is 1. The van der Waals surface area contributed by atoms with E-state index in [0.717, 1.165) is 62.6 Å². The predicted molar refractivity (Wildman–Crippen MR) is 153 cm³/mol. The van der Waals surface area contributed by atoms with Crippen LogP contribution in [0.2, 0.25) is 0 Å². The summed E-state index contributed by atoms with van der Waals surface area (Å²) in [6.07, 6.45) is 16.0. The number of ether oxygens (including phenoxy) is 1. The molecule has 212 valence electrons. The Labute approximate surface area is 234 Å². The Kier molecular flexibility index (Phi) is 6.02. The lowest BCUT2D eigenvalue weighted by Crippen LogP contribution is -2.62. The normalized spacial score (nSPS) is 45.3. The van der Waals surface area contributed by atoms with Crippen LogP contribution in [-0.4, -0.2) is 36.1 Å². The van der Waals surface area contributed by atoms with E-state index in [2.05, 4.69) is 52.1 Å². The first kappa shape index (κ1) is 27.1. The molecule has 0 bridgehead atoms. The summed E-state index contributed by atoms with van der Waals surface area (Å²) in [5.74, 6) is 0.0870. The van der Waals surface area contributed by atoms with Crippen LogP contribution in [0.1, 0.15) is 99.3 Å². The molecule has 2 N–H and O–H groups in total. The molecule has 0 amide bonds. The van der Waals surface area contributed by atoms with E-state index < -0.39 is 0 Å². The van der Waals surface area contributed by atoms with E-state index in [1.807, 2.05) is 6.92 Å². The molecule has 0 aromatic carbocycles. The maximum absolute atomic E-state index is 12.7. The number of aliphatic hydroxyl groups excluding tert-OH is 1. The molecule has 0 aromatic heterocycles. The van der Waals surface area contributed by atoms with Gasteiger partial charge in [0.1, 0.15) is 6.04 Å². The molecule has 0 aromatic rings. The summed E-state index contributed by atoms with van der Waals surface area (Å²) < 4.78 is 5.98. The summed E-state index contributed by atoms with van der Waals surface area (Å²) in [4.78, 5) is 25.5. The fourth-order valence-corrected chi connectivity index (χ4v) is 9.89. The van der Waals surface area contributed by atoms with E-state index in [0.29, 0.717) is 23.5 Å². The van der Waals surface area contributed by atoms with Gasteiger partial charge in [-0.15, -0.1) is 0 Å². The number of allylic oxidation sites excluding steroid dienone is 7. The third-order valence-electron chi connectivity index (χ3n) is 12.9. The number of carbonyl (C=O) groups excluding carboxylic acids is 2. The number of nitrogens with one attached hydrogen (secondary N) is 1. The molecule has 3 saturated carbocycles. The highest BCUT2D eigenvalue weighted by molar-refractivity contribution is 6.06. The van der Waals surface area contributed by atoms with Gasteiger partial charge in [0.15, 0.2) is 5.76 Å². The first-order valence-corrected chi connectivity index (χ1v) is 15.3. The summed E-state index contributed by atoms with van der Waals surface area (Å²) in [6.45, 7) is 15.5. The monoisotopic (exact) mass is 533 g/mol. The highest BCUT2D eigenvalue weighted by Crippen LogP contribution is 2.75. The fourth-order valence-electron chi connectivity index (χ4n) is 9.89. The van der Waals surface area contributed by atoms with Crippen molar-refractivity contribution in [2.24, 2.45) is 33.0 Å². The smallest absolute Gasteiger partial charge is 0.323 e. The van der Waals surface area contributed by atoms with Crippen molar-refractivity contribution in [3.05, 3.63) is 46.3 Å². The maximum Gasteiger partial charge on any atom is 0.323 e. The van der Waals surface area contributed by atoms with Crippen LogP contribution in [0.5, 0.6) is 0 Å². The molecule has 1 aliphatic heterocycles. The number of hydrogen-bond donors (Lipinski definition) is 2. The molecule has 6 aliphatic rings. The number of rotatable bonds is 3. The van der Waals surface area contributed by atoms with Crippen molar-refractivity contribution in [3.8, 4) is 0 Å². The summed E-state index contributed by atoms with van der Waals surface area (Å²) in [7, 11) is 0. The average Bonchev–Trinajstić information content (AvgIpc) is 3.45. The fraction of sp³-hybridized carbons (Fsp3) is 0.706. The summed E-state index contributed by atoms with van der Waals surface area (Å²) in [5, 5.41) is 13.7. The van der Waals surface area contributed by atoms with Crippen LogP contribution >= 0.6 is 0 Å². The second kappa shape index (κ2) is 8.68. The van der Waals surface area contributed by atoms with Crippen LogP contribution in [0.25, 0.3) is 0 Å². The number of esters is 1. The van der Waals surface area contributed by atoms with Gasteiger partial charge in [-0.1, -0.05) is 52.3 Å². The minimum absolute atomic E-state index is 0.00772. The van der Waals surface area contributed by atoms with Gasteiger partial charge in [0.25, 0.3) is 0 Å². The highest BCUT2D eigenvalue weighted by Gasteiger charge is 2.66. The van der Waals surface area contributed by atoms with Gasteiger partial charge in [0.2, 0.25) is 5.78 Å². The van der Waals surface area contributed by atoms with Crippen molar-refractivity contribution in [3.63, 3.8) is 0 Å². The molecule has 6 rings (SSSR count). The molecule has 1 unspecified atom stereocenters. The Hall–Kier alpha value is -2.14. The van der Waals surface area contributed by atoms with Crippen molar-refractivity contribution in [2.45, 2.75) is 105 Å². The van der Waals surface area contributed by atoms with Crippen LogP contribution in [-0.2, 0) is 14.3 Å². The lowest BCUT2D eigenvalue weighted by atomic mass is 9.34. The Bertz CT molecular complexity index is 1250. The average molecular weight is 534 g/mol. The second-order valence-electron chi connectivity index (χ2n) is 15.1. The van der Waals surface area contributed by atoms with E-state index in [1.165, 1.54) is 18.4 Å². The molecule has 0 spiro atoms. The van der Waals surface area contributed by atoms with Gasteiger partial charge in [-0.05, 0) is 111 Å². The van der Waals surface area contributed by atoms with E-state index >= 15 is 0 Å². The number of aliphatic hydroxyl groups is 1. The Balaban J connectivity index is 1.32. The van der Waals surface area contributed by atoms with Crippen LogP contribution in [0.15, 0.2) is 46.3 Å². The minimum Gasteiger partial charge on any atom is -0.504 e. The van der Waals surface area contributed by atoms with Gasteiger partial charge in [0.05, 0.1) is 6.61 Å². The lowest BCUT2D eigenvalue weighted by Gasteiger charge is -2.70. The molecule has 5 heteroatoms. The molecule has 1 heterocycles. The first-order valence-electron chi connectivity index (χ1n) is 15.3. The zero-order valence-electron chi connectivity index (χ0n) is 24.8. The molecule has 5 aliphatic carbocycles. The van der Waals surface area contributed by atoms with E-state index in [1.54, 1.807) is 6.08 Å². The number of hydrogen-bond acceptors (Lipinski definition) is 5. The van der Waals surface area contributed by atoms with Crippen molar-refractivity contribution >= 4 is 11.8 Å². The topological polar surface area (TPSA) is 75.6 Å². The van der Waals surface area contributed by atoms with E-state index in [-0.39, 0.29) is 45.2 Å². The quantitative estimate of drug-likeness (QED) is 0.386. The van der Waals surface area contributed by atoms with Gasteiger partial charge >= 0.3 is 5.97 Å². The van der Waals surface area contributed by atoms with E-state index in [9.17, 15) is 14.7 Å². The Morgan fingerprint density at radius 3 is 2.51 bits per heavy atom. The number of carbonyl (C=O) groups is 2. The highest BCUT2D eigenvalue weighted by atomic mass is 16.5. The van der Waals surface area contributed by atoms with Crippen LogP contribution in [0.3, 0.4) is 0 Å². The summed E-state index contributed by atoms with van der Waals surface area (Å²) in [6, 6.07) is -0.133. The maximum atomic E-state index is 12.7. The minimum atomic E-state index is -0.262. The zero-order valence-corrected chi connectivity index (χ0v) is 24.8. The molecule has 0 radical (unpaired) electrons. The van der Waals surface area contributed by atoms with Crippen molar-refractivity contribution in [2.75, 3.05) is 13.2 Å². The third kappa shape index (κ3) is 3.74. The standard InChI is InChI=1S/C34H47NO4/c1-21-22-9-10-26-32(4,23(22)18-25(36)28(21)37)14-16-34(6)27-19-30(2,20-39-29(38)24-8-7-17-35-24)11-12-31(27,3)13-15-33(26,34)5/h9-10,18,24,27,35,37H,7-8,11-17,19-20H2,1-6H3/t24?,27-,30-,31+,32+,33-,34+/m1/s1. The molecular formula is C34H47NO4. The third-order valence-corrected chi connectivity index (χ3v) is 12.9. The Morgan fingerprint density at radius 2 is 1.79 bits per heavy atom. The van der Waals surface area contributed by atoms with Gasteiger partial charge < -0.3 is 15.2 Å². The van der Waals surface area contributed by atoms with Crippen LogP contribution in [0.4, 0.5) is 0 Å². The summed E-state index contributed by atoms with van der Waals surface area (Å²) >= 11 is 0. The molecule has 39 heavy (non-hydrogen) atoms. The van der Waals surface area contributed by atoms with Gasteiger partial charge in [0, 0.05) is 16.4 Å². The van der Waals surface area contributed by atoms with Crippen molar-refractivity contribution < 1.29 is 19.4 Å². The molecular weight excluding hydrogens is 486 g/mol. The predicted octanol–water partition coefficient (Wildman–Crippen LogP) is 6.91. The van der Waals surface area contributed by atoms with Gasteiger partial charge in [-0.2, -0.15) is 0 Å². The van der Waals surface area contributed by atoms with Gasteiger partial charge in [-0.3, -0.25) is 9.59 Å². The largest absolute Gasteiger partial charge is 0.504 e. The van der Waals surface area contributed by atoms with Crippen LogP contribution < -0.4 is 5.32 Å². The SMILES string of the molecule is CC1=C(O)C(=O)C=C2C1=CC=C1[C@@]2(C)CC[C@@]2(C)[C@@H]3C[C@](C)(COC(=O)C4CCCN4)CC[C@@]3(C)CC[C@]12C. The molecule has 5 nitrogen and oxygen atoms in total. The van der Waals surface area contributed by atoms with Gasteiger partial charge in [-0.25, -0.2) is 0 Å². The second-order valence-corrected chi connectivity index (χ2v) is 15.1. The molecule has 1 saturated heterocycles. The van der Waals surface area contributed by atoms with E-state index in [4.69, 9.17) is 4.74 Å².